The van der Waals surface area contributed by atoms with Gasteiger partial charge in [0.1, 0.15) is 0 Å². The summed E-state index contributed by atoms with van der Waals surface area (Å²) in [4.78, 5) is 24.2. The third kappa shape index (κ3) is 6.34. The Bertz CT molecular complexity index is 1530. The Hall–Kier alpha value is -4.01. The molecule has 0 atom stereocenters. The lowest BCUT2D eigenvalue weighted by Crippen LogP contribution is -2.31. The minimum absolute atomic E-state index is 0.0311. The zero-order chi connectivity index (χ0) is 28.2. The summed E-state index contributed by atoms with van der Waals surface area (Å²) in [6.45, 7) is 6.63. The van der Waals surface area contributed by atoms with Gasteiger partial charge in [-0.25, -0.2) is 4.99 Å². The Morgan fingerprint density at radius 2 is 1.51 bits per heavy atom. The highest BCUT2D eigenvalue weighted by molar-refractivity contribution is 6.22. The highest BCUT2D eigenvalue weighted by Crippen LogP contribution is 2.34. The molecule has 3 aromatic carbocycles. The van der Waals surface area contributed by atoms with Crippen LogP contribution in [0.1, 0.15) is 54.4 Å². The van der Waals surface area contributed by atoms with Gasteiger partial charge in [-0.2, -0.15) is 0 Å². The van der Waals surface area contributed by atoms with Crippen LogP contribution in [0, 0.1) is 10.1 Å². The molecule has 0 bridgehead atoms. The lowest BCUT2D eigenvalue weighted by molar-refractivity contribution is -0.384. The summed E-state index contributed by atoms with van der Waals surface area (Å²) in [7, 11) is 0. The normalized spacial score (nSPS) is 16.9. The van der Waals surface area contributed by atoms with Crippen molar-refractivity contribution in [2.24, 2.45) is 4.99 Å². The molecule has 41 heavy (non-hydrogen) atoms. The van der Waals surface area contributed by atoms with E-state index in [2.05, 4.69) is 39.0 Å². The molecule has 2 aliphatic rings. The van der Waals surface area contributed by atoms with E-state index < -0.39 is 4.92 Å². The van der Waals surface area contributed by atoms with Crippen LogP contribution in [-0.2, 0) is 13.0 Å². The summed E-state index contributed by atoms with van der Waals surface area (Å²) in [5, 5.41) is 23.2. The highest BCUT2D eigenvalue weighted by Gasteiger charge is 2.21. The lowest BCUT2D eigenvalue weighted by atomic mass is 9.98. The molecule has 0 saturated carbocycles. The molecule has 1 aromatic heterocycles. The molecule has 2 aliphatic heterocycles. The summed E-state index contributed by atoms with van der Waals surface area (Å²) in [6, 6.07) is 21.1. The largest absolute Gasteiger partial charge is 0.494 e. The van der Waals surface area contributed by atoms with Gasteiger partial charge in [0.25, 0.3) is 5.69 Å². The van der Waals surface area contributed by atoms with E-state index in [4.69, 9.17) is 4.99 Å². The van der Waals surface area contributed by atoms with Crippen molar-refractivity contribution < 1.29 is 10.0 Å². The number of aromatic nitrogens is 1. The monoisotopic (exact) mass is 551 g/mol. The number of H-pyrrole nitrogens is 1. The number of piperidine rings is 1. The number of nitrogens with zero attached hydrogens (tertiary/aromatic N) is 4. The Labute approximate surface area is 240 Å². The smallest absolute Gasteiger partial charge is 0.270 e. The van der Waals surface area contributed by atoms with Gasteiger partial charge in [0.05, 0.1) is 21.9 Å². The van der Waals surface area contributed by atoms with Crippen molar-refractivity contribution in [2.45, 2.75) is 45.1 Å². The first-order valence-electron chi connectivity index (χ1n) is 14.7. The quantitative estimate of drug-likeness (QED) is 0.139. The van der Waals surface area contributed by atoms with Crippen LogP contribution in [0.5, 0.6) is 5.88 Å². The second kappa shape index (κ2) is 12.2. The SMILES string of the molecule is O=[N+]([O-])c1ccc2[nH]c(O)c(C(=Nc3ccc(CN4CCCC4)cc3)c3ccc(CCN4CCCCC4)cc3)c2c1. The third-order valence-electron chi connectivity index (χ3n) is 8.38. The molecular formula is C33H37N5O3. The van der Waals surface area contributed by atoms with E-state index in [-0.39, 0.29) is 11.6 Å². The molecular weight excluding hydrogens is 514 g/mol. The van der Waals surface area contributed by atoms with Crippen LogP contribution < -0.4 is 0 Å². The van der Waals surface area contributed by atoms with E-state index in [9.17, 15) is 15.2 Å². The van der Waals surface area contributed by atoms with Crippen molar-refractivity contribution in [1.82, 2.24) is 14.8 Å². The van der Waals surface area contributed by atoms with E-state index in [1.54, 1.807) is 6.07 Å². The summed E-state index contributed by atoms with van der Waals surface area (Å²) in [5.74, 6) is -0.0564. The summed E-state index contributed by atoms with van der Waals surface area (Å²) < 4.78 is 0. The Balaban J connectivity index is 1.34. The predicted octanol–water partition coefficient (Wildman–Crippen LogP) is 6.58. The Morgan fingerprint density at radius 3 is 2.22 bits per heavy atom. The van der Waals surface area contributed by atoms with E-state index in [1.807, 2.05) is 24.3 Å². The van der Waals surface area contributed by atoms with Crippen molar-refractivity contribution >= 4 is 28.0 Å². The zero-order valence-corrected chi connectivity index (χ0v) is 23.4. The molecule has 6 rings (SSSR count). The first-order chi connectivity index (χ1) is 20.0. The van der Waals surface area contributed by atoms with Gasteiger partial charge in [-0.3, -0.25) is 15.0 Å². The zero-order valence-electron chi connectivity index (χ0n) is 23.4. The van der Waals surface area contributed by atoms with Crippen LogP contribution in [-0.4, -0.2) is 63.2 Å². The number of nitro groups is 1. The predicted molar refractivity (Wildman–Crippen MR) is 163 cm³/mol. The Kier molecular flexibility index (Phi) is 8.11. The summed E-state index contributed by atoms with van der Waals surface area (Å²) in [6.07, 6.45) is 7.40. The molecule has 0 radical (unpaired) electrons. The van der Waals surface area contributed by atoms with Gasteiger partial charge in [0, 0.05) is 41.7 Å². The van der Waals surface area contributed by atoms with Crippen LogP contribution in [0.4, 0.5) is 11.4 Å². The van der Waals surface area contributed by atoms with Gasteiger partial charge >= 0.3 is 0 Å². The molecule has 3 heterocycles. The number of nitrogens with one attached hydrogen (secondary N) is 1. The second-order valence-corrected chi connectivity index (χ2v) is 11.3. The van der Waals surface area contributed by atoms with Crippen molar-refractivity contribution in [3.05, 3.63) is 99.1 Å². The first kappa shape index (κ1) is 27.2. The van der Waals surface area contributed by atoms with Crippen LogP contribution >= 0.6 is 0 Å². The maximum atomic E-state index is 11.6. The van der Waals surface area contributed by atoms with Gasteiger partial charge in [-0.05, 0) is 87.6 Å². The van der Waals surface area contributed by atoms with E-state index in [0.717, 1.165) is 43.9 Å². The highest BCUT2D eigenvalue weighted by atomic mass is 16.6. The molecule has 2 saturated heterocycles. The topological polar surface area (TPSA) is 98.0 Å². The molecule has 2 fully saturated rings. The maximum Gasteiger partial charge on any atom is 0.270 e. The number of likely N-dealkylation sites (tertiary alicyclic amines) is 2. The Morgan fingerprint density at radius 1 is 0.854 bits per heavy atom. The number of aromatic hydroxyl groups is 1. The van der Waals surface area contributed by atoms with Gasteiger partial charge in [0.15, 0.2) is 5.88 Å². The fourth-order valence-electron chi connectivity index (χ4n) is 6.09. The van der Waals surface area contributed by atoms with Crippen molar-refractivity contribution in [3.8, 4) is 5.88 Å². The number of benzene rings is 3. The number of aliphatic imine (C=N–C) groups is 1. The minimum atomic E-state index is -0.416. The average molecular weight is 552 g/mol. The average Bonchev–Trinajstić information content (AvgIpc) is 3.63. The lowest BCUT2D eigenvalue weighted by Gasteiger charge is -2.26. The summed E-state index contributed by atoms with van der Waals surface area (Å²) in [5.41, 5.74) is 5.73. The number of hydrogen-bond acceptors (Lipinski definition) is 6. The van der Waals surface area contributed by atoms with E-state index in [0.29, 0.717) is 22.2 Å². The van der Waals surface area contributed by atoms with Gasteiger partial charge in [-0.1, -0.05) is 42.8 Å². The molecule has 8 heteroatoms. The number of aromatic amines is 1. The number of rotatable bonds is 9. The van der Waals surface area contributed by atoms with Crippen molar-refractivity contribution in [1.29, 1.82) is 0 Å². The van der Waals surface area contributed by atoms with Gasteiger partial charge < -0.3 is 15.0 Å². The number of fused-ring (bicyclic) bond motifs is 1. The van der Waals surface area contributed by atoms with Crippen molar-refractivity contribution in [2.75, 3.05) is 32.7 Å². The van der Waals surface area contributed by atoms with E-state index >= 15 is 0 Å². The number of nitro benzene ring substituents is 1. The van der Waals surface area contributed by atoms with Gasteiger partial charge in [-0.15, -0.1) is 0 Å². The molecule has 0 amide bonds. The maximum absolute atomic E-state index is 11.6. The molecule has 4 aromatic rings. The third-order valence-corrected chi connectivity index (χ3v) is 8.38. The van der Waals surface area contributed by atoms with Crippen LogP contribution in [0.15, 0.2) is 71.7 Å². The molecule has 8 nitrogen and oxygen atoms in total. The number of non-ortho nitro benzene ring substituents is 1. The molecule has 0 spiro atoms. The van der Waals surface area contributed by atoms with Crippen LogP contribution in [0.3, 0.4) is 0 Å². The van der Waals surface area contributed by atoms with Gasteiger partial charge in [0.2, 0.25) is 0 Å². The second-order valence-electron chi connectivity index (χ2n) is 11.3. The summed E-state index contributed by atoms with van der Waals surface area (Å²) >= 11 is 0. The van der Waals surface area contributed by atoms with Crippen LogP contribution in [0.25, 0.3) is 10.9 Å². The fraction of sp³-hybridized carbons (Fsp3) is 0.364. The fourth-order valence-corrected chi connectivity index (χ4v) is 6.09. The first-order valence-corrected chi connectivity index (χ1v) is 14.7. The van der Waals surface area contributed by atoms with Crippen molar-refractivity contribution in [3.63, 3.8) is 0 Å². The van der Waals surface area contributed by atoms with E-state index in [1.165, 1.54) is 68.5 Å². The molecule has 2 N–H and O–H groups in total. The minimum Gasteiger partial charge on any atom is -0.494 e. The number of hydrogen-bond donors (Lipinski definition) is 2. The molecule has 0 unspecified atom stereocenters. The van der Waals surface area contributed by atoms with Crippen LogP contribution in [0.2, 0.25) is 0 Å². The standard InChI is InChI=1S/C33H37N5O3/c39-33-31(29-22-28(38(40)41)14-15-30(29)35-33)32(34-27-12-8-25(9-13-27)23-37-19-4-5-20-37)26-10-6-24(7-11-26)16-21-36-17-2-1-3-18-36/h6-15,22,35,39H,1-5,16-21,23H2. The molecule has 0 aliphatic carbocycles. The molecule has 212 valence electrons.